The number of hydrogen-bond donors (Lipinski definition) is 1. The summed E-state index contributed by atoms with van der Waals surface area (Å²) in [6.45, 7) is 7.06. The van der Waals surface area contributed by atoms with Gasteiger partial charge in [0, 0.05) is 19.0 Å². The lowest BCUT2D eigenvalue weighted by molar-refractivity contribution is -0.892. The molecule has 32 heavy (non-hydrogen) atoms. The van der Waals surface area contributed by atoms with Crippen molar-refractivity contribution in [3.63, 3.8) is 0 Å². The third kappa shape index (κ3) is 13.0. The van der Waals surface area contributed by atoms with Crippen LogP contribution in [0.25, 0.3) is 0 Å². The van der Waals surface area contributed by atoms with Gasteiger partial charge in [0.1, 0.15) is 5.78 Å². The number of hydrogen-bond acceptors (Lipinski definition) is 1. The van der Waals surface area contributed by atoms with Crippen molar-refractivity contribution < 1.29 is 26.7 Å². The highest BCUT2D eigenvalue weighted by molar-refractivity contribution is 7.72. The number of unbranched alkanes of at least 4 members (excludes halogenated alkanes) is 13. The molecule has 0 aromatic carbocycles. The first kappa shape index (κ1) is 30.0. The molecule has 0 aliphatic carbocycles. The zero-order valence-corrected chi connectivity index (χ0v) is 21.6. The van der Waals surface area contributed by atoms with Crippen molar-refractivity contribution in [1.82, 2.24) is 0 Å². The number of quaternary nitrogens is 1. The van der Waals surface area contributed by atoms with Crippen LogP contribution >= 0.6 is 7.14 Å². The molecule has 3 atom stereocenters. The highest BCUT2D eigenvalue weighted by Crippen LogP contribution is 2.72. The molecule has 1 N–H and O–H groups in total. The zero-order valence-electron chi connectivity index (χ0n) is 20.7. The predicted molar refractivity (Wildman–Crippen MR) is 131 cm³/mol. The second-order valence-corrected chi connectivity index (χ2v) is 13.5. The van der Waals surface area contributed by atoms with Gasteiger partial charge in [-0.3, -0.25) is 0 Å². The summed E-state index contributed by atoms with van der Waals surface area (Å²) in [5.74, 6) is 0.576. The number of rotatable bonds is 17. The van der Waals surface area contributed by atoms with Crippen LogP contribution in [-0.2, 0) is 4.57 Å². The van der Waals surface area contributed by atoms with Crippen molar-refractivity contribution in [3.8, 4) is 0 Å². The summed E-state index contributed by atoms with van der Waals surface area (Å²) < 4.78 is 52.1. The SMILES string of the molecule is CCCCCCCCCCCCCCCCC1C([NH+]2CCCC2)P1(=O)CC.F[B-](F)(F)F. The van der Waals surface area contributed by atoms with E-state index < -0.39 is 14.4 Å². The summed E-state index contributed by atoms with van der Waals surface area (Å²) in [6.07, 6.45) is 24.9. The first-order valence-corrected chi connectivity index (χ1v) is 15.6. The lowest BCUT2D eigenvalue weighted by Crippen LogP contribution is -3.11. The second-order valence-electron chi connectivity index (χ2n) is 9.93. The molecule has 192 valence electrons. The van der Waals surface area contributed by atoms with Crippen LogP contribution in [0.15, 0.2) is 0 Å². The summed E-state index contributed by atoms with van der Waals surface area (Å²) >= 11 is 0. The molecule has 0 aromatic heterocycles. The van der Waals surface area contributed by atoms with Crippen LogP contribution in [0, 0.1) is 0 Å². The molecule has 2 heterocycles. The third-order valence-electron chi connectivity index (χ3n) is 7.32. The number of nitrogens with one attached hydrogen (secondary N) is 1. The Bertz CT molecular complexity index is 509. The fourth-order valence-corrected chi connectivity index (χ4v) is 9.52. The normalized spacial score (nSPS) is 25.6. The molecule has 0 spiro atoms. The summed E-state index contributed by atoms with van der Waals surface area (Å²) in [7, 11) is -7.79. The molecule has 3 unspecified atom stereocenters. The Hall–Kier alpha value is -0.0251. The van der Waals surface area contributed by atoms with E-state index in [1.165, 1.54) is 122 Å². The lowest BCUT2D eigenvalue weighted by Gasteiger charge is -2.11. The molecule has 8 heteroatoms. The van der Waals surface area contributed by atoms with Crippen LogP contribution in [0.3, 0.4) is 0 Å². The lowest BCUT2D eigenvalue weighted by atomic mass is 10.0. The van der Waals surface area contributed by atoms with Gasteiger partial charge in [-0.1, -0.05) is 104 Å². The van der Waals surface area contributed by atoms with Crippen LogP contribution in [0.5, 0.6) is 0 Å². The molecular weight excluding hydrogens is 436 g/mol. The fraction of sp³-hybridized carbons (Fsp3) is 1.00. The maximum Gasteiger partial charge on any atom is 0.673 e. The van der Waals surface area contributed by atoms with Gasteiger partial charge in [0.05, 0.1) is 18.7 Å². The minimum absolute atomic E-state index is 0.576. The van der Waals surface area contributed by atoms with E-state index in [-0.39, 0.29) is 0 Å². The van der Waals surface area contributed by atoms with Crippen molar-refractivity contribution in [2.24, 2.45) is 0 Å². The molecule has 2 saturated heterocycles. The Balaban J connectivity index is 0.000000920. The van der Waals surface area contributed by atoms with Crippen molar-refractivity contribution in [2.45, 2.75) is 134 Å². The van der Waals surface area contributed by atoms with Gasteiger partial charge in [-0.15, -0.1) is 0 Å². The smallest absolute Gasteiger partial charge is 0.418 e. The Labute approximate surface area is 195 Å². The highest BCUT2D eigenvalue weighted by Gasteiger charge is 2.66. The summed E-state index contributed by atoms with van der Waals surface area (Å²) in [6, 6.07) is 0. The van der Waals surface area contributed by atoms with Crippen LogP contribution < -0.4 is 4.90 Å². The highest BCUT2D eigenvalue weighted by atomic mass is 31.2. The molecule has 2 fully saturated rings. The topological polar surface area (TPSA) is 21.5 Å². The van der Waals surface area contributed by atoms with Crippen LogP contribution in [-0.4, -0.2) is 37.9 Å². The molecule has 0 saturated carbocycles. The molecule has 2 aliphatic rings. The number of likely N-dealkylation sites (tertiary alicyclic amines) is 1. The van der Waals surface area contributed by atoms with Gasteiger partial charge in [0.2, 0.25) is 0 Å². The second kappa shape index (κ2) is 16.6. The molecule has 0 radical (unpaired) electrons. The quantitative estimate of drug-likeness (QED) is 0.0961. The van der Waals surface area contributed by atoms with E-state index in [1.54, 1.807) is 4.90 Å². The molecule has 0 aromatic rings. The molecular formula is C24H49BF4NOP. The average Bonchev–Trinajstić information content (AvgIpc) is 3.05. The van der Waals surface area contributed by atoms with E-state index >= 15 is 0 Å². The Morgan fingerprint density at radius 2 is 1.09 bits per heavy atom. The summed E-state index contributed by atoms with van der Waals surface area (Å²) in [5.41, 5.74) is 0.605. The molecule has 0 amide bonds. The van der Waals surface area contributed by atoms with Gasteiger partial charge in [-0.2, -0.15) is 0 Å². The van der Waals surface area contributed by atoms with E-state index in [4.69, 9.17) is 0 Å². The van der Waals surface area contributed by atoms with E-state index in [0.29, 0.717) is 11.4 Å². The number of halogens is 4. The Kier molecular flexibility index (Phi) is 15.5. The van der Waals surface area contributed by atoms with Gasteiger partial charge in [0.15, 0.2) is 7.14 Å². The molecule has 0 bridgehead atoms. The average molecular weight is 485 g/mol. The third-order valence-corrected chi connectivity index (χ3v) is 11.3. The molecule has 2 nitrogen and oxygen atoms in total. The minimum atomic E-state index is -6.00. The zero-order chi connectivity index (χ0) is 23.9. The van der Waals surface area contributed by atoms with Gasteiger partial charge < -0.3 is 26.7 Å². The predicted octanol–water partition coefficient (Wildman–Crippen LogP) is 7.93. The molecule has 2 rings (SSSR count). The summed E-state index contributed by atoms with van der Waals surface area (Å²) in [5, 5.41) is 0. The summed E-state index contributed by atoms with van der Waals surface area (Å²) in [4.78, 5) is 1.70. The standard InChI is InChI=1S/C24H48NOP.BF4/c1-3-5-6-7-8-9-10-11-12-13-14-15-16-17-20-23-24(27(23,26)4-2)25-21-18-19-22-25;2-1(3,4)5/h23-24H,3-22H2,1-2H3;/q;-1/p+1. The maximum absolute atomic E-state index is 13.1. The van der Waals surface area contributed by atoms with Crippen molar-refractivity contribution in [2.75, 3.05) is 19.3 Å². The van der Waals surface area contributed by atoms with E-state index in [9.17, 15) is 21.8 Å². The first-order valence-electron chi connectivity index (χ1n) is 13.5. The maximum atomic E-state index is 13.1. The van der Waals surface area contributed by atoms with Crippen LogP contribution in [0.1, 0.15) is 123 Å². The van der Waals surface area contributed by atoms with Gasteiger partial charge in [-0.25, -0.2) is 0 Å². The minimum Gasteiger partial charge on any atom is -0.418 e. The fourth-order valence-electron chi connectivity index (χ4n) is 5.49. The Morgan fingerprint density at radius 1 is 0.719 bits per heavy atom. The van der Waals surface area contributed by atoms with Gasteiger partial charge in [-0.05, 0) is 6.42 Å². The Morgan fingerprint density at radius 3 is 1.47 bits per heavy atom. The monoisotopic (exact) mass is 485 g/mol. The van der Waals surface area contributed by atoms with E-state index in [2.05, 4.69) is 13.8 Å². The van der Waals surface area contributed by atoms with E-state index in [0.717, 1.165) is 6.16 Å². The van der Waals surface area contributed by atoms with Crippen molar-refractivity contribution in [3.05, 3.63) is 0 Å². The largest absolute Gasteiger partial charge is 0.673 e. The molecule has 2 aliphatic heterocycles. The van der Waals surface area contributed by atoms with Crippen molar-refractivity contribution >= 4 is 14.4 Å². The van der Waals surface area contributed by atoms with Crippen LogP contribution in [0.2, 0.25) is 0 Å². The first-order chi connectivity index (χ1) is 15.2. The van der Waals surface area contributed by atoms with Gasteiger partial charge in [0.25, 0.3) is 0 Å². The van der Waals surface area contributed by atoms with E-state index in [1.807, 2.05) is 0 Å². The van der Waals surface area contributed by atoms with Crippen LogP contribution in [0.4, 0.5) is 17.3 Å². The van der Waals surface area contributed by atoms with Crippen molar-refractivity contribution in [1.29, 1.82) is 0 Å². The van der Waals surface area contributed by atoms with Gasteiger partial charge >= 0.3 is 7.25 Å².